The lowest BCUT2D eigenvalue weighted by Crippen LogP contribution is -2.20. The molecule has 0 fully saturated rings. The van der Waals surface area contributed by atoms with Gasteiger partial charge in [0.05, 0.1) is 0 Å². The highest BCUT2D eigenvalue weighted by Gasteiger charge is 2.10. The molecule has 0 N–H and O–H groups in total. The maximum Gasteiger partial charge on any atom is 0.0375 e. The number of aromatic nitrogens is 1. The fraction of sp³-hybridized carbons (Fsp3) is 0.545. The molecule has 0 amide bonds. The van der Waals surface area contributed by atoms with Gasteiger partial charge in [0, 0.05) is 25.0 Å². The Morgan fingerprint density at radius 3 is 2.69 bits per heavy atom. The van der Waals surface area contributed by atoms with E-state index in [1.165, 1.54) is 24.1 Å². The average molecular weight is 176 g/mol. The van der Waals surface area contributed by atoms with Gasteiger partial charge in [-0.25, -0.2) is 0 Å². The number of nitrogens with zero attached hydrogens (tertiary/aromatic N) is 2. The number of pyridine rings is 1. The number of hydrogen-bond donors (Lipinski definition) is 0. The quantitative estimate of drug-likeness (QED) is 0.594. The van der Waals surface area contributed by atoms with Crippen molar-refractivity contribution in [2.75, 3.05) is 20.1 Å². The van der Waals surface area contributed by atoms with Crippen molar-refractivity contribution in [3.8, 4) is 0 Å². The molecule has 0 saturated heterocycles. The zero-order valence-corrected chi connectivity index (χ0v) is 8.38. The summed E-state index contributed by atoms with van der Waals surface area (Å²) in [6, 6.07) is 2.23. The molecule has 0 atom stereocenters. The van der Waals surface area contributed by atoms with Gasteiger partial charge in [-0.05, 0) is 44.0 Å². The third-order valence-electron chi connectivity index (χ3n) is 2.75. The van der Waals surface area contributed by atoms with Gasteiger partial charge in [-0.15, -0.1) is 0 Å². The second kappa shape index (κ2) is 3.46. The van der Waals surface area contributed by atoms with Crippen molar-refractivity contribution < 1.29 is 0 Å². The van der Waals surface area contributed by atoms with E-state index in [1.807, 2.05) is 6.20 Å². The summed E-state index contributed by atoms with van der Waals surface area (Å²) in [6.07, 6.45) is 4.37. The van der Waals surface area contributed by atoms with Gasteiger partial charge in [0.2, 0.25) is 0 Å². The standard InChI is InChI=1S/C11H16N2/c1-9-7-10-3-5-13(2)6-4-11(10)8-12-9/h7-8H,3-6H2,1-2H3. The molecule has 1 aliphatic rings. The largest absolute Gasteiger partial charge is 0.306 e. The lowest BCUT2D eigenvalue weighted by molar-refractivity contribution is 0.352. The number of rotatable bonds is 0. The summed E-state index contributed by atoms with van der Waals surface area (Å²) in [4.78, 5) is 6.72. The van der Waals surface area contributed by atoms with Gasteiger partial charge in [-0.2, -0.15) is 0 Å². The van der Waals surface area contributed by atoms with Crippen molar-refractivity contribution >= 4 is 0 Å². The number of likely N-dealkylation sites (N-methyl/N-ethyl adjacent to an activating group) is 1. The Labute approximate surface area is 79.6 Å². The summed E-state index contributed by atoms with van der Waals surface area (Å²) in [7, 11) is 2.19. The molecule has 0 radical (unpaired) electrons. The summed E-state index contributed by atoms with van der Waals surface area (Å²) < 4.78 is 0. The molecule has 0 aliphatic carbocycles. The Morgan fingerprint density at radius 1 is 1.23 bits per heavy atom. The molecule has 0 bridgehead atoms. The van der Waals surface area contributed by atoms with E-state index in [9.17, 15) is 0 Å². The molecule has 2 heteroatoms. The van der Waals surface area contributed by atoms with Crippen molar-refractivity contribution in [3.05, 3.63) is 29.1 Å². The van der Waals surface area contributed by atoms with E-state index in [2.05, 4.69) is 29.9 Å². The molecule has 0 aromatic carbocycles. The van der Waals surface area contributed by atoms with E-state index in [4.69, 9.17) is 0 Å². The summed E-state index contributed by atoms with van der Waals surface area (Å²) in [5.74, 6) is 0. The van der Waals surface area contributed by atoms with Crippen LogP contribution in [0.5, 0.6) is 0 Å². The maximum atomic E-state index is 4.34. The number of aryl methyl sites for hydroxylation is 1. The Morgan fingerprint density at radius 2 is 1.92 bits per heavy atom. The highest BCUT2D eigenvalue weighted by Crippen LogP contribution is 2.14. The molecule has 1 aliphatic heterocycles. The molecule has 1 aromatic rings. The number of hydrogen-bond acceptors (Lipinski definition) is 2. The minimum atomic E-state index is 1.14. The molecule has 2 nitrogen and oxygen atoms in total. The molecular formula is C11H16N2. The minimum Gasteiger partial charge on any atom is -0.306 e. The first-order chi connectivity index (χ1) is 6.25. The third-order valence-corrected chi connectivity index (χ3v) is 2.75. The molecule has 2 heterocycles. The predicted molar refractivity (Wildman–Crippen MR) is 53.9 cm³/mol. The van der Waals surface area contributed by atoms with Crippen molar-refractivity contribution in [3.63, 3.8) is 0 Å². The lowest BCUT2D eigenvalue weighted by Gasteiger charge is -2.10. The van der Waals surface area contributed by atoms with E-state index < -0.39 is 0 Å². The molecule has 0 spiro atoms. The van der Waals surface area contributed by atoms with Gasteiger partial charge in [0.25, 0.3) is 0 Å². The first-order valence-electron chi connectivity index (χ1n) is 4.88. The molecule has 0 unspecified atom stereocenters. The molecule has 13 heavy (non-hydrogen) atoms. The fourth-order valence-corrected chi connectivity index (χ4v) is 1.84. The first-order valence-corrected chi connectivity index (χ1v) is 4.88. The molecule has 1 aromatic heterocycles. The second-order valence-electron chi connectivity index (χ2n) is 3.90. The van der Waals surface area contributed by atoms with Crippen LogP contribution in [0.1, 0.15) is 16.8 Å². The summed E-state index contributed by atoms with van der Waals surface area (Å²) >= 11 is 0. The Hall–Kier alpha value is -0.890. The number of fused-ring (bicyclic) bond motifs is 1. The smallest absolute Gasteiger partial charge is 0.0375 e. The summed E-state index contributed by atoms with van der Waals surface area (Å²) in [5, 5.41) is 0. The van der Waals surface area contributed by atoms with E-state index >= 15 is 0 Å². The van der Waals surface area contributed by atoms with Crippen molar-refractivity contribution in [2.45, 2.75) is 19.8 Å². The fourth-order valence-electron chi connectivity index (χ4n) is 1.84. The van der Waals surface area contributed by atoms with Crippen LogP contribution in [0.2, 0.25) is 0 Å². The van der Waals surface area contributed by atoms with Crippen LogP contribution in [-0.2, 0) is 12.8 Å². The summed E-state index contributed by atoms with van der Waals surface area (Å²) in [6.45, 7) is 4.41. The van der Waals surface area contributed by atoms with Crippen LogP contribution in [0.15, 0.2) is 12.3 Å². The predicted octanol–water partition coefficient (Wildman–Crippen LogP) is 1.42. The van der Waals surface area contributed by atoms with Crippen LogP contribution < -0.4 is 0 Å². The molecular weight excluding hydrogens is 160 g/mol. The third kappa shape index (κ3) is 1.89. The van der Waals surface area contributed by atoms with Gasteiger partial charge in [-0.3, -0.25) is 4.98 Å². The topological polar surface area (TPSA) is 16.1 Å². The van der Waals surface area contributed by atoms with Gasteiger partial charge in [-0.1, -0.05) is 0 Å². The van der Waals surface area contributed by atoms with Crippen molar-refractivity contribution in [1.29, 1.82) is 0 Å². The Kier molecular flexibility index (Phi) is 2.32. The zero-order chi connectivity index (χ0) is 9.26. The van der Waals surface area contributed by atoms with E-state index in [0.717, 1.165) is 18.7 Å². The Balaban J connectivity index is 2.30. The minimum absolute atomic E-state index is 1.14. The van der Waals surface area contributed by atoms with Crippen molar-refractivity contribution in [1.82, 2.24) is 9.88 Å². The molecule has 2 rings (SSSR count). The Bertz CT molecular complexity index is 307. The van der Waals surface area contributed by atoms with Crippen LogP contribution in [0.4, 0.5) is 0 Å². The normalized spacial score (nSPS) is 18.0. The highest BCUT2D eigenvalue weighted by atomic mass is 15.1. The van der Waals surface area contributed by atoms with Gasteiger partial charge in [0.1, 0.15) is 0 Å². The van der Waals surface area contributed by atoms with Crippen LogP contribution in [0, 0.1) is 6.92 Å². The second-order valence-corrected chi connectivity index (χ2v) is 3.90. The molecule has 70 valence electrons. The van der Waals surface area contributed by atoms with Crippen LogP contribution in [0.3, 0.4) is 0 Å². The van der Waals surface area contributed by atoms with Crippen molar-refractivity contribution in [2.24, 2.45) is 0 Å². The van der Waals surface area contributed by atoms with Gasteiger partial charge >= 0.3 is 0 Å². The first kappa shape index (κ1) is 8.70. The highest BCUT2D eigenvalue weighted by molar-refractivity contribution is 5.27. The van der Waals surface area contributed by atoms with Crippen LogP contribution in [-0.4, -0.2) is 30.0 Å². The maximum absolute atomic E-state index is 4.34. The summed E-state index contributed by atoms with van der Waals surface area (Å²) in [5.41, 5.74) is 4.08. The lowest BCUT2D eigenvalue weighted by atomic mass is 10.1. The monoisotopic (exact) mass is 176 g/mol. The van der Waals surface area contributed by atoms with E-state index in [0.29, 0.717) is 0 Å². The van der Waals surface area contributed by atoms with Crippen LogP contribution >= 0.6 is 0 Å². The zero-order valence-electron chi connectivity index (χ0n) is 8.38. The van der Waals surface area contributed by atoms with Gasteiger partial charge < -0.3 is 4.90 Å². The average Bonchev–Trinajstić information content (AvgIpc) is 2.29. The van der Waals surface area contributed by atoms with Gasteiger partial charge in [0.15, 0.2) is 0 Å². The van der Waals surface area contributed by atoms with E-state index in [-0.39, 0.29) is 0 Å². The molecule has 0 saturated carbocycles. The van der Waals surface area contributed by atoms with Crippen LogP contribution in [0.25, 0.3) is 0 Å². The SMILES string of the molecule is Cc1cc2c(cn1)CCN(C)CC2. The van der Waals surface area contributed by atoms with E-state index in [1.54, 1.807) is 0 Å².